The lowest BCUT2D eigenvalue weighted by molar-refractivity contribution is -0.129. The smallest absolute Gasteiger partial charge is 0.245 e. The standard InChI is InChI=1S/C33H63NO.C33H61NO/c2*1-5-7-9-11-13-14-15-16-17-18-19-20-21-22-24-26-28-30-32(31-33(35)34(3)4)29-27-25-23-12-10-8-6-2/h13-14,16-17,32H,5-12,15,18-31H2,1-4H3;13-14,16-17,31H,5-12,15,18-30H2,1-4H3/b14-13-,17-16-;14-13-,17-16-,32-31+. The molecule has 0 saturated carbocycles. The first-order valence-corrected chi connectivity index (χ1v) is 30.9. The highest BCUT2D eigenvalue weighted by Crippen LogP contribution is 2.24. The highest BCUT2D eigenvalue weighted by atomic mass is 16.2. The predicted molar refractivity (Wildman–Crippen MR) is 316 cm³/mol. The minimum Gasteiger partial charge on any atom is -0.349 e. The number of rotatable bonds is 51. The lowest BCUT2D eigenvalue weighted by Gasteiger charge is -2.19. The molecule has 0 spiro atoms. The molecule has 0 radical (unpaired) electrons. The topological polar surface area (TPSA) is 40.6 Å². The molecule has 1 unspecified atom stereocenters. The van der Waals surface area contributed by atoms with E-state index in [1.807, 2.05) is 34.3 Å². The van der Waals surface area contributed by atoms with Gasteiger partial charge in [0.1, 0.15) is 0 Å². The fourth-order valence-corrected chi connectivity index (χ4v) is 9.17. The van der Waals surface area contributed by atoms with E-state index >= 15 is 0 Å². The maximum Gasteiger partial charge on any atom is 0.245 e. The number of nitrogens with zero attached hydrogens (tertiary/aromatic N) is 2. The van der Waals surface area contributed by atoms with E-state index in [9.17, 15) is 9.59 Å². The molecule has 0 N–H and O–H groups in total. The Hall–Kier alpha value is -2.36. The van der Waals surface area contributed by atoms with Gasteiger partial charge in [-0.3, -0.25) is 9.59 Å². The quantitative estimate of drug-likeness (QED) is 0.0346. The molecule has 0 aliphatic carbocycles. The summed E-state index contributed by atoms with van der Waals surface area (Å²) in [5, 5.41) is 0. The Bertz CT molecular complexity index is 1220. The fourth-order valence-electron chi connectivity index (χ4n) is 9.17. The summed E-state index contributed by atoms with van der Waals surface area (Å²) >= 11 is 0. The van der Waals surface area contributed by atoms with E-state index in [1.165, 1.54) is 262 Å². The van der Waals surface area contributed by atoms with E-state index in [1.54, 1.807) is 9.80 Å². The van der Waals surface area contributed by atoms with E-state index in [4.69, 9.17) is 0 Å². The summed E-state index contributed by atoms with van der Waals surface area (Å²) in [5.74, 6) is 1.06. The molecule has 4 nitrogen and oxygen atoms in total. The van der Waals surface area contributed by atoms with Crippen LogP contribution in [0.3, 0.4) is 0 Å². The van der Waals surface area contributed by atoms with E-state index in [2.05, 4.69) is 76.3 Å². The first-order valence-electron chi connectivity index (χ1n) is 30.9. The maximum absolute atomic E-state index is 12.3. The number of carbonyl (C=O) groups is 2. The van der Waals surface area contributed by atoms with Crippen molar-refractivity contribution in [1.29, 1.82) is 0 Å². The summed E-state index contributed by atoms with van der Waals surface area (Å²) < 4.78 is 0. The van der Waals surface area contributed by atoms with E-state index in [0.717, 1.165) is 32.1 Å². The lowest BCUT2D eigenvalue weighted by Crippen LogP contribution is -2.24. The van der Waals surface area contributed by atoms with Gasteiger partial charge >= 0.3 is 0 Å². The van der Waals surface area contributed by atoms with Crippen molar-refractivity contribution in [1.82, 2.24) is 9.80 Å². The van der Waals surface area contributed by atoms with Gasteiger partial charge in [-0.25, -0.2) is 0 Å². The summed E-state index contributed by atoms with van der Waals surface area (Å²) in [7, 11) is 7.50. The zero-order chi connectivity index (χ0) is 51.6. The summed E-state index contributed by atoms with van der Waals surface area (Å²) in [6.07, 6.45) is 78.9. The van der Waals surface area contributed by atoms with Crippen LogP contribution in [0.5, 0.6) is 0 Å². The monoisotopic (exact) mass is 977 g/mol. The fraction of sp³-hybridized carbons (Fsp3) is 0.818. The molecule has 2 amide bonds. The average Bonchev–Trinajstić information content (AvgIpc) is 3.35. The van der Waals surface area contributed by atoms with E-state index in [-0.39, 0.29) is 5.91 Å². The van der Waals surface area contributed by atoms with Gasteiger partial charge in [-0.15, -0.1) is 0 Å². The molecule has 410 valence electrons. The third-order valence-electron chi connectivity index (χ3n) is 14.1. The molecule has 0 aliphatic rings. The second-order valence-corrected chi connectivity index (χ2v) is 21.6. The van der Waals surface area contributed by atoms with Crippen molar-refractivity contribution in [3.05, 3.63) is 60.3 Å². The van der Waals surface area contributed by atoms with Crippen LogP contribution in [-0.2, 0) is 9.59 Å². The molecule has 0 bridgehead atoms. The summed E-state index contributed by atoms with van der Waals surface area (Å²) in [4.78, 5) is 27.9. The second-order valence-electron chi connectivity index (χ2n) is 21.6. The van der Waals surface area contributed by atoms with Gasteiger partial charge in [-0.2, -0.15) is 0 Å². The van der Waals surface area contributed by atoms with Crippen molar-refractivity contribution in [3.63, 3.8) is 0 Å². The number of carbonyl (C=O) groups excluding carboxylic acids is 2. The van der Waals surface area contributed by atoms with Crippen LogP contribution in [0.1, 0.15) is 317 Å². The maximum atomic E-state index is 12.3. The predicted octanol–water partition coefficient (Wildman–Crippen LogP) is 21.6. The molecular formula is C66H124N2O2. The second kappa shape index (κ2) is 59.2. The van der Waals surface area contributed by atoms with Gasteiger partial charge in [0.05, 0.1) is 0 Å². The van der Waals surface area contributed by atoms with Gasteiger partial charge in [0.15, 0.2) is 0 Å². The van der Waals surface area contributed by atoms with Crippen LogP contribution in [0.4, 0.5) is 0 Å². The first-order chi connectivity index (χ1) is 34.2. The average molecular weight is 978 g/mol. The lowest BCUT2D eigenvalue weighted by atomic mass is 9.91. The van der Waals surface area contributed by atoms with Crippen molar-refractivity contribution in [2.45, 2.75) is 317 Å². The molecular weight excluding hydrogens is 853 g/mol. The zero-order valence-electron chi connectivity index (χ0n) is 48.8. The number of hydrogen-bond donors (Lipinski definition) is 0. The van der Waals surface area contributed by atoms with Crippen LogP contribution < -0.4 is 0 Å². The minimum atomic E-state index is 0.153. The van der Waals surface area contributed by atoms with E-state index in [0.29, 0.717) is 11.8 Å². The Labute approximate surface area is 440 Å². The number of unbranched alkanes of at least 4 members (excludes halogenated alkanes) is 32. The van der Waals surface area contributed by atoms with Crippen LogP contribution >= 0.6 is 0 Å². The van der Waals surface area contributed by atoms with Gasteiger partial charge in [0, 0.05) is 40.7 Å². The Morgan fingerprint density at radius 3 is 0.957 bits per heavy atom. The molecule has 1 atom stereocenters. The molecule has 0 aromatic carbocycles. The highest BCUT2D eigenvalue weighted by Gasteiger charge is 2.15. The van der Waals surface area contributed by atoms with Crippen molar-refractivity contribution in [3.8, 4) is 0 Å². The van der Waals surface area contributed by atoms with Crippen LogP contribution in [0.2, 0.25) is 0 Å². The zero-order valence-corrected chi connectivity index (χ0v) is 48.8. The van der Waals surface area contributed by atoms with Crippen LogP contribution in [-0.4, -0.2) is 49.8 Å². The molecule has 0 aliphatic heterocycles. The summed E-state index contributed by atoms with van der Waals surface area (Å²) in [6.45, 7) is 9.07. The van der Waals surface area contributed by atoms with Gasteiger partial charge in [0.25, 0.3) is 0 Å². The Balaban J connectivity index is 0. The van der Waals surface area contributed by atoms with E-state index < -0.39 is 0 Å². The SMILES string of the molecule is CCCCC/C=C\C/C=C\CCCCCCCCC/C(=C/C(=O)N(C)C)CCCCCCCCC.CCCCC/C=C\C/C=C\CCCCCCCCCC(CCCCCCCCC)CC(=O)N(C)C. The molecule has 0 aromatic heterocycles. The third-order valence-corrected chi connectivity index (χ3v) is 14.1. The largest absolute Gasteiger partial charge is 0.349 e. The number of likely N-dealkylation sites (N-methyl/N-ethyl adjacent to an activating group) is 1. The molecule has 4 heteroatoms. The van der Waals surface area contributed by atoms with Crippen molar-refractivity contribution < 1.29 is 9.59 Å². The molecule has 0 heterocycles. The van der Waals surface area contributed by atoms with Crippen molar-refractivity contribution in [2.24, 2.45) is 5.92 Å². The number of hydrogen-bond acceptors (Lipinski definition) is 2. The molecule has 0 saturated heterocycles. The molecule has 0 rings (SSSR count). The van der Waals surface area contributed by atoms with Crippen molar-refractivity contribution >= 4 is 11.8 Å². The molecule has 0 aromatic rings. The van der Waals surface area contributed by atoms with Gasteiger partial charge in [0.2, 0.25) is 11.8 Å². The number of amides is 2. The third kappa shape index (κ3) is 56.6. The normalized spacial score (nSPS) is 12.5. The highest BCUT2D eigenvalue weighted by molar-refractivity contribution is 5.87. The van der Waals surface area contributed by atoms with Gasteiger partial charge in [-0.05, 0) is 109 Å². The minimum absolute atomic E-state index is 0.153. The van der Waals surface area contributed by atoms with Crippen LogP contribution in [0.15, 0.2) is 60.3 Å². The van der Waals surface area contributed by atoms with Crippen molar-refractivity contribution in [2.75, 3.05) is 28.2 Å². The first kappa shape index (κ1) is 69.7. The number of allylic oxidation sites excluding steroid dienone is 9. The Morgan fingerprint density at radius 2 is 0.629 bits per heavy atom. The van der Waals surface area contributed by atoms with Crippen LogP contribution in [0.25, 0.3) is 0 Å². The summed E-state index contributed by atoms with van der Waals surface area (Å²) in [5.41, 5.74) is 1.37. The van der Waals surface area contributed by atoms with Crippen LogP contribution in [0, 0.1) is 5.92 Å². The Kier molecular flexibility index (Phi) is 59.0. The van der Waals surface area contributed by atoms with Gasteiger partial charge in [-0.1, -0.05) is 262 Å². The molecule has 70 heavy (non-hydrogen) atoms. The molecule has 0 fully saturated rings. The van der Waals surface area contributed by atoms with Gasteiger partial charge < -0.3 is 9.80 Å². The summed E-state index contributed by atoms with van der Waals surface area (Å²) in [6, 6.07) is 0. The Morgan fingerprint density at radius 1 is 0.343 bits per heavy atom.